The lowest BCUT2D eigenvalue weighted by Gasteiger charge is -2.16. The number of Topliss-reactive ketones (excluding diaryl/α,β-unsaturated/α-hetero) is 1. The molecule has 4 nitrogen and oxygen atoms in total. The summed E-state index contributed by atoms with van der Waals surface area (Å²) in [6, 6.07) is 15.1. The number of ketones is 1. The fourth-order valence-electron chi connectivity index (χ4n) is 2.82. The first-order valence-corrected chi connectivity index (χ1v) is 10.8. The van der Waals surface area contributed by atoms with Crippen LogP contribution in [0.5, 0.6) is 0 Å². The number of hydrogen-bond acceptors (Lipinski definition) is 5. The van der Waals surface area contributed by atoms with Crippen molar-refractivity contribution in [1.29, 1.82) is 0 Å². The maximum atomic E-state index is 12.6. The van der Waals surface area contributed by atoms with Crippen LogP contribution in [0.25, 0.3) is 16.3 Å². The van der Waals surface area contributed by atoms with E-state index in [2.05, 4.69) is 20.9 Å². The van der Waals surface area contributed by atoms with Gasteiger partial charge in [-0.15, -0.1) is 11.3 Å². The van der Waals surface area contributed by atoms with Crippen molar-refractivity contribution < 1.29 is 9.59 Å². The van der Waals surface area contributed by atoms with Gasteiger partial charge in [-0.1, -0.05) is 52.0 Å². The molecular weight excluding hydrogens is 444 g/mol. The zero-order valence-corrected chi connectivity index (χ0v) is 17.6. The molecule has 2 heterocycles. The molecule has 0 unspecified atom stereocenters. The molecule has 2 aromatic carbocycles. The second kappa shape index (κ2) is 7.58. The SMILES string of the molecule is C[C@H]1S/C(=C\c2nc3ccccc3s2)N(CC(=O)c2ccc(Br)cc2)C1=O. The summed E-state index contributed by atoms with van der Waals surface area (Å²) in [6.45, 7) is 1.90. The normalized spacial score (nSPS) is 18.6. The molecule has 7 heteroatoms. The molecule has 0 spiro atoms. The van der Waals surface area contributed by atoms with E-state index in [1.165, 1.54) is 11.8 Å². The highest BCUT2D eigenvalue weighted by molar-refractivity contribution is 9.10. The number of para-hydroxylation sites is 1. The highest BCUT2D eigenvalue weighted by atomic mass is 79.9. The highest BCUT2D eigenvalue weighted by Gasteiger charge is 2.35. The predicted octanol–water partition coefficient (Wildman–Crippen LogP) is 5.20. The van der Waals surface area contributed by atoms with Gasteiger partial charge in [0.15, 0.2) is 5.78 Å². The van der Waals surface area contributed by atoms with Crippen LogP contribution in [0.3, 0.4) is 0 Å². The van der Waals surface area contributed by atoms with Crippen molar-refractivity contribution in [2.24, 2.45) is 0 Å². The van der Waals surface area contributed by atoms with Crippen LogP contribution in [-0.4, -0.2) is 33.4 Å². The fourth-order valence-corrected chi connectivity index (χ4v) is 5.11. The number of halogens is 1. The molecule has 1 aliphatic rings. The van der Waals surface area contributed by atoms with Crippen molar-refractivity contribution in [3.8, 4) is 0 Å². The first-order valence-electron chi connectivity index (χ1n) is 8.35. The first kappa shape index (κ1) is 18.4. The van der Waals surface area contributed by atoms with Crippen LogP contribution < -0.4 is 0 Å². The minimum absolute atomic E-state index is 0.0362. The van der Waals surface area contributed by atoms with Gasteiger partial charge in [-0.2, -0.15) is 0 Å². The second-order valence-electron chi connectivity index (χ2n) is 6.12. The third-order valence-corrected chi connectivity index (χ3v) is 6.85. The summed E-state index contributed by atoms with van der Waals surface area (Å²) in [5, 5.41) is 1.40. The summed E-state index contributed by atoms with van der Waals surface area (Å²) >= 11 is 6.41. The zero-order valence-electron chi connectivity index (χ0n) is 14.4. The van der Waals surface area contributed by atoms with E-state index in [1.807, 2.05) is 49.4 Å². The maximum absolute atomic E-state index is 12.6. The summed E-state index contributed by atoms with van der Waals surface area (Å²) in [5.41, 5.74) is 1.53. The summed E-state index contributed by atoms with van der Waals surface area (Å²) in [7, 11) is 0. The van der Waals surface area contributed by atoms with Crippen molar-refractivity contribution in [2.45, 2.75) is 12.2 Å². The number of rotatable bonds is 4. The van der Waals surface area contributed by atoms with Gasteiger partial charge in [-0.3, -0.25) is 14.5 Å². The van der Waals surface area contributed by atoms with Gasteiger partial charge in [0.05, 0.1) is 27.0 Å². The Balaban J connectivity index is 1.61. The first-order chi connectivity index (χ1) is 13.0. The average Bonchev–Trinajstić information content (AvgIpc) is 3.18. The van der Waals surface area contributed by atoms with Gasteiger partial charge in [0.25, 0.3) is 0 Å². The lowest BCUT2D eigenvalue weighted by molar-refractivity contribution is -0.126. The summed E-state index contributed by atoms with van der Waals surface area (Å²) in [5.74, 6) is -0.126. The Bertz CT molecular complexity index is 1030. The number of thiazole rings is 1. The van der Waals surface area contributed by atoms with Gasteiger partial charge in [-0.05, 0) is 31.2 Å². The van der Waals surface area contributed by atoms with Crippen molar-refractivity contribution >= 4 is 67.0 Å². The molecular formula is C20H15BrN2O2S2. The number of fused-ring (bicyclic) bond motifs is 1. The molecule has 1 aromatic heterocycles. The Morgan fingerprint density at radius 3 is 2.70 bits per heavy atom. The lowest BCUT2D eigenvalue weighted by atomic mass is 10.1. The quantitative estimate of drug-likeness (QED) is 0.503. The van der Waals surface area contributed by atoms with Gasteiger partial charge in [0.2, 0.25) is 5.91 Å². The van der Waals surface area contributed by atoms with Crippen LogP contribution in [0.1, 0.15) is 22.3 Å². The molecule has 1 aliphatic heterocycles. The minimum atomic E-state index is -0.205. The molecule has 136 valence electrons. The Morgan fingerprint density at radius 1 is 1.22 bits per heavy atom. The number of carbonyl (C=O) groups is 2. The van der Waals surface area contributed by atoms with E-state index in [0.717, 1.165) is 24.7 Å². The van der Waals surface area contributed by atoms with Crippen LogP contribution in [-0.2, 0) is 4.79 Å². The van der Waals surface area contributed by atoms with E-state index in [9.17, 15) is 9.59 Å². The molecule has 3 aromatic rings. The van der Waals surface area contributed by atoms with E-state index >= 15 is 0 Å². The molecule has 0 saturated carbocycles. The molecule has 1 fully saturated rings. The molecule has 0 aliphatic carbocycles. The zero-order chi connectivity index (χ0) is 19.0. The molecule has 1 amide bonds. The van der Waals surface area contributed by atoms with Gasteiger partial charge in [-0.25, -0.2) is 4.98 Å². The number of carbonyl (C=O) groups excluding carboxylic acids is 2. The highest BCUT2D eigenvalue weighted by Crippen LogP contribution is 2.37. The largest absolute Gasteiger partial charge is 0.298 e. The number of thioether (sulfide) groups is 1. The number of benzene rings is 2. The Hall–Kier alpha value is -1.96. The molecule has 27 heavy (non-hydrogen) atoms. The maximum Gasteiger partial charge on any atom is 0.241 e. The standard InChI is InChI=1S/C20H15BrN2O2S2/c1-12-20(25)23(11-16(24)13-6-8-14(21)9-7-13)19(26-12)10-18-22-15-4-2-3-5-17(15)27-18/h2-10,12H,11H2,1H3/b19-10-/t12-/m1/s1. The van der Waals surface area contributed by atoms with Gasteiger partial charge in [0, 0.05) is 16.1 Å². The smallest absolute Gasteiger partial charge is 0.241 e. The van der Waals surface area contributed by atoms with Gasteiger partial charge >= 0.3 is 0 Å². The monoisotopic (exact) mass is 458 g/mol. The van der Waals surface area contributed by atoms with E-state index in [1.54, 1.807) is 28.4 Å². The van der Waals surface area contributed by atoms with Crippen molar-refractivity contribution in [2.75, 3.05) is 6.54 Å². The molecule has 0 bridgehead atoms. The third kappa shape index (κ3) is 3.85. The molecule has 0 N–H and O–H groups in total. The van der Waals surface area contributed by atoms with Crippen molar-refractivity contribution in [3.63, 3.8) is 0 Å². The van der Waals surface area contributed by atoms with Crippen LogP contribution in [0.4, 0.5) is 0 Å². The number of hydrogen-bond donors (Lipinski definition) is 0. The van der Waals surface area contributed by atoms with Gasteiger partial charge < -0.3 is 0 Å². The van der Waals surface area contributed by atoms with Crippen molar-refractivity contribution in [1.82, 2.24) is 9.88 Å². The van der Waals surface area contributed by atoms with E-state index in [0.29, 0.717) is 5.56 Å². The van der Waals surface area contributed by atoms with E-state index in [4.69, 9.17) is 0 Å². The van der Waals surface area contributed by atoms with Crippen LogP contribution in [0.15, 0.2) is 58.0 Å². The molecule has 1 saturated heterocycles. The Labute approximate surface area is 173 Å². The van der Waals surface area contributed by atoms with Crippen molar-refractivity contribution in [3.05, 3.63) is 68.6 Å². The number of nitrogens with zero attached hydrogens (tertiary/aromatic N) is 2. The average molecular weight is 459 g/mol. The van der Waals surface area contributed by atoms with Crippen LogP contribution in [0, 0.1) is 0 Å². The van der Waals surface area contributed by atoms with Crippen LogP contribution >= 0.6 is 39.0 Å². The van der Waals surface area contributed by atoms with Gasteiger partial charge in [0.1, 0.15) is 5.01 Å². The predicted molar refractivity (Wildman–Crippen MR) is 115 cm³/mol. The summed E-state index contributed by atoms with van der Waals surface area (Å²) < 4.78 is 2.01. The topological polar surface area (TPSA) is 50.3 Å². The fraction of sp³-hybridized carbons (Fsp3) is 0.150. The number of aromatic nitrogens is 1. The Morgan fingerprint density at radius 2 is 1.96 bits per heavy atom. The summed E-state index contributed by atoms with van der Waals surface area (Å²) in [6.07, 6.45) is 1.91. The third-order valence-electron chi connectivity index (χ3n) is 4.20. The molecule has 1 atom stereocenters. The second-order valence-corrected chi connectivity index (χ2v) is 9.46. The summed E-state index contributed by atoms with van der Waals surface area (Å²) in [4.78, 5) is 31.4. The number of amides is 1. The Kier molecular flexibility index (Phi) is 5.16. The van der Waals surface area contributed by atoms with E-state index in [-0.39, 0.29) is 23.5 Å². The van der Waals surface area contributed by atoms with E-state index < -0.39 is 0 Å². The lowest BCUT2D eigenvalue weighted by Crippen LogP contribution is -2.32. The minimum Gasteiger partial charge on any atom is -0.298 e. The van der Waals surface area contributed by atoms with Crippen LogP contribution in [0.2, 0.25) is 0 Å². The molecule has 0 radical (unpaired) electrons. The molecule has 4 rings (SSSR count).